The van der Waals surface area contributed by atoms with Crippen LogP contribution >= 0.6 is 11.6 Å². The minimum Gasteiger partial charge on any atom is -0.457 e. The Morgan fingerprint density at radius 3 is 1.98 bits per heavy atom. The summed E-state index contributed by atoms with van der Waals surface area (Å²) in [6.07, 6.45) is 1.27. The van der Waals surface area contributed by atoms with E-state index in [-0.39, 0.29) is 24.6 Å². The lowest BCUT2D eigenvalue weighted by Crippen LogP contribution is -2.56. The van der Waals surface area contributed by atoms with Gasteiger partial charge in [0.25, 0.3) is 0 Å². The van der Waals surface area contributed by atoms with Crippen molar-refractivity contribution in [1.82, 2.24) is 10.2 Å². The first-order valence-corrected chi connectivity index (χ1v) is 16.7. The first kappa shape index (κ1) is 33.6. The number of rotatable bonds is 12. The Balaban J connectivity index is 1.69. The average molecular weight is 648 g/mol. The number of sulfonamides is 1. The van der Waals surface area contributed by atoms with E-state index >= 15 is 0 Å². The molecule has 45 heavy (non-hydrogen) atoms. The zero-order chi connectivity index (χ0) is 32.6. The molecule has 1 N–H and O–H groups in total. The average Bonchev–Trinajstić information content (AvgIpc) is 2.98. The SMILES string of the molecule is CC(C)(C)NC(=O)[C@H](Cc1ccccc1)N(Cc1cccc(Cl)c1)C(=O)CN(c1ccc(Oc2ccccc2)cc1)S(C)(=O)=O. The highest BCUT2D eigenvalue weighted by atomic mass is 35.5. The summed E-state index contributed by atoms with van der Waals surface area (Å²) in [4.78, 5) is 29.5. The number of amides is 2. The largest absolute Gasteiger partial charge is 0.457 e. The van der Waals surface area contributed by atoms with Crippen LogP contribution in [0.15, 0.2) is 109 Å². The molecular formula is C35H38ClN3O5S. The van der Waals surface area contributed by atoms with Gasteiger partial charge in [-0.25, -0.2) is 8.42 Å². The van der Waals surface area contributed by atoms with E-state index in [1.807, 2.05) is 87.5 Å². The third kappa shape index (κ3) is 10.1. The van der Waals surface area contributed by atoms with Crippen LogP contribution in [0.25, 0.3) is 0 Å². The van der Waals surface area contributed by atoms with Crippen LogP contribution in [-0.4, -0.2) is 49.5 Å². The number of nitrogens with one attached hydrogen (secondary N) is 1. The molecule has 8 nitrogen and oxygen atoms in total. The topological polar surface area (TPSA) is 96.0 Å². The summed E-state index contributed by atoms with van der Waals surface area (Å²) in [5.41, 5.74) is 1.27. The quantitative estimate of drug-likeness (QED) is 0.191. The molecule has 0 saturated heterocycles. The molecule has 0 aliphatic heterocycles. The van der Waals surface area contributed by atoms with Gasteiger partial charge in [-0.3, -0.25) is 13.9 Å². The lowest BCUT2D eigenvalue weighted by Gasteiger charge is -2.35. The standard InChI is InChI=1S/C35H38ClN3O5S/c1-35(2,3)37-34(41)32(23-26-12-7-5-8-13-26)38(24-27-14-11-15-28(36)22-27)33(40)25-39(45(4,42)43)29-18-20-31(21-19-29)44-30-16-9-6-10-17-30/h5-22,32H,23-25H2,1-4H3,(H,37,41)/t32-/m0/s1. The zero-order valence-electron chi connectivity index (χ0n) is 25.8. The summed E-state index contributed by atoms with van der Waals surface area (Å²) in [6.45, 7) is 5.11. The van der Waals surface area contributed by atoms with E-state index in [4.69, 9.17) is 16.3 Å². The van der Waals surface area contributed by atoms with Crippen molar-refractivity contribution >= 4 is 39.1 Å². The van der Waals surface area contributed by atoms with E-state index in [2.05, 4.69) is 5.32 Å². The Kier molecular flexibility index (Phi) is 10.9. The number of ether oxygens (including phenoxy) is 1. The Bertz CT molecular complexity index is 1690. The highest BCUT2D eigenvalue weighted by Gasteiger charge is 2.34. The minimum absolute atomic E-state index is 0.0376. The molecule has 0 fully saturated rings. The predicted molar refractivity (Wildman–Crippen MR) is 179 cm³/mol. The smallest absolute Gasteiger partial charge is 0.244 e. The number of carbonyl (C=O) groups is 2. The van der Waals surface area contributed by atoms with Crippen LogP contribution in [0.1, 0.15) is 31.9 Å². The van der Waals surface area contributed by atoms with Crippen molar-refractivity contribution in [3.63, 3.8) is 0 Å². The second-order valence-corrected chi connectivity index (χ2v) is 14.1. The third-order valence-electron chi connectivity index (χ3n) is 6.79. The molecule has 2 amide bonds. The van der Waals surface area contributed by atoms with Gasteiger partial charge in [0.05, 0.1) is 11.9 Å². The van der Waals surface area contributed by atoms with E-state index in [9.17, 15) is 18.0 Å². The van der Waals surface area contributed by atoms with E-state index in [0.29, 0.717) is 22.1 Å². The number of hydrogen-bond acceptors (Lipinski definition) is 5. The molecule has 4 aromatic carbocycles. The van der Waals surface area contributed by atoms with Crippen molar-refractivity contribution in [1.29, 1.82) is 0 Å². The minimum atomic E-state index is -3.91. The molecule has 0 aliphatic rings. The molecule has 10 heteroatoms. The van der Waals surface area contributed by atoms with Crippen LogP contribution in [0.5, 0.6) is 11.5 Å². The number of benzene rings is 4. The molecule has 0 bridgehead atoms. The molecule has 4 rings (SSSR count). The number of carbonyl (C=O) groups excluding carboxylic acids is 2. The lowest BCUT2D eigenvalue weighted by molar-refractivity contribution is -0.140. The van der Waals surface area contributed by atoms with E-state index in [1.165, 1.54) is 4.90 Å². The van der Waals surface area contributed by atoms with Gasteiger partial charge in [0.1, 0.15) is 24.1 Å². The molecule has 0 radical (unpaired) electrons. The van der Waals surface area contributed by atoms with Crippen molar-refractivity contribution < 1.29 is 22.7 Å². The first-order valence-electron chi connectivity index (χ1n) is 14.5. The summed E-state index contributed by atoms with van der Waals surface area (Å²) < 4.78 is 33.0. The lowest BCUT2D eigenvalue weighted by atomic mass is 10.0. The van der Waals surface area contributed by atoms with Gasteiger partial charge in [0.15, 0.2) is 0 Å². The maximum Gasteiger partial charge on any atom is 0.244 e. The van der Waals surface area contributed by atoms with Gasteiger partial charge in [-0.15, -0.1) is 0 Å². The summed E-state index contributed by atoms with van der Waals surface area (Å²) in [5.74, 6) is 0.245. The summed E-state index contributed by atoms with van der Waals surface area (Å²) >= 11 is 6.27. The van der Waals surface area contributed by atoms with Gasteiger partial charge in [-0.2, -0.15) is 0 Å². The fraction of sp³-hybridized carbons (Fsp3) is 0.257. The van der Waals surface area contributed by atoms with Crippen LogP contribution in [0.4, 0.5) is 5.69 Å². The number of nitrogens with zero attached hydrogens (tertiary/aromatic N) is 2. The van der Waals surface area contributed by atoms with Gasteiger partial charge < -0.3 is 15.0 Å². The van der Waals surface area contributed by atoms with Crippen LogP contribution in [-0.2, 0) is 32.6 Å². The molecule has 236 valence electrons. The van der Waals surface area contributed by atoms with Crippen LogP contribution in [0.2, 0.25) is 5.02 Å². The Labute approximate surface area is 270 Å². The normalized spacial score (nSPS) is 12.2. The van der Waals surface area contributed by atoms with Crippen LogP contribution < -0.4 is 14.4 Å². The molecule has 0 aliphatic carbocycles. The van der Waals surface area contributed by atoms with Crippen LogP contribution in [0, 0.1) is 0 Å². The maximum absolute atomic E-state index is 14.3. The number of halogens is 1. The molecule has 0 spiro atoms. The number of para-hydroxylation sites is 1. The third-order valence-corrected chi connectivity index (χ3v) is 8.17. The van der Waals surface area contributed by atoms with E-state index in [1.54, 1.807) is 42.5 Å². The van der Waals surface area contributed by atoms with Crippen molar-refractivity contribution in [3.05, 3.63) is 125 Å². The van der Waals surface area contributed by atoms with Crippen molar-refractivity contribution in [2.24, 2.45) is 0 Å². The van der Waals surface area contributed by atoms with Crippen LogP contribution in [0.3, 0.4) is 0 Å². The monoisotopic (exact) mass is 647 g/mol. The van der Waals surface area contributed by atoms with Gasteiger partial charge in [-0.05, 0) is 80.4 Å². The molecule has 0 aromatic heterocycles. The zero-order valence-corrected chi connectivity index (χ0v) is 27.4. The van der Waals surface area contributed by atoms with Crippen molar-refractivity contribution in [2.45, 2.75) is 45.3 Å². The summed E-state index contributed by atoms with van der Waals surface area (Å²) in [6, 6.07) is 31.1. The first-order chi connectivity index (χ1) is 21.3. The van der Waals surface area contributed by atoms with Crippen molar-refractivity contribution in [2.75, 3.05) is 17.1 Å². The van der Waals surface area contributed by atoms with E-state index < -0.39 is 34.1 Å². The van der Waals surface area contributed by atoms with Crippen molar-refractivity contribution in [3.8, 4) is 11.5 Å². The molecule has 0 saturated carbocycles. The fourth-order valence-corrected chi connectivity index (χ4v) is 5.82. The van der Waals surface area contributed by atoms with Gasteiger partial charge >= 0.3 is 0 Å². The Morgan fingerprint density at radius 1 is 0.822 bits per heavy atom. The summed E-state index contributed by atoms with van der Waals surface area (Å²) in [5, 5.41) is 3.49. The molecule has 0 unspecified atom stereocenters. The summed E-state index contributed by atoms with van der Waals surface area (Å²) in [7, 11) is -3.91. The molecular weight excluding hydrogens is 610 g/mol. The highest BCUT2D eigenvalue weighted by Crippen LogP contribution is 2.26. The van der Waals surface area contributed by atoms with Gasteiger partial charge in [-0.1, -0.05) is 72.3 Å². The maximum atomic E-state index is 14.3. The second kappa shape index (κ2) is 14.6. The van der Waals surface area contributed by atoms with E-state index in [0.717, 1.165) is 16.1 Å². The molecule has 0 heterocycles. The van der Waals surface area contributed by atoms with Gasteiger partial charge in [0.2, 0.25) is 21.8 Å². The second-order valence-electron chi connectivity index (χ2n) is 11.8. The molecule has 1 atom stereocenters. The van der Waals surface area contributed by atoms with Gasteiger partial charge in [0, 0.05) is 23.5 Å². The highest BCUT2D eigenvalue weighted by molar-refractivity contribution is 7.92. The fourth-order valence-electron chi connectivity index (χ4n) is 4.76. The number of anilines is 1. The predicted octanol–water partition coefficient (Wildman–Crippen LogP) is 6.45. The number of hydrogen-bond donors (Lipinski definition) is 1. The molecule has 4 aromatic rings. The Hall–Kier alpha value is -4.34. The Morgan fingerprint density at radius 2 is 1.40 bits per heavy atom.